The second kappa shape index (κ2) is 7.82. The second-order valence-electron chi connectivity index (χ2n) is 6.80. The Kier molecular flexibility index (Phi) is 5.48. The van der Waals surface area contributed by atoms with Crippen LogP contribution in [0.4, 0.5) is 8.78 Å². The lowest BCUT2D eigenvalue weighted by atomic mass is 9.84. The minimum absolute atomic E-state index is 0.0655. The number of para-hydroxylation sites is 1. The minimum Gasteiger partial charge on any atom is -0.486 e. The Morgan fingerprint density at radius 1 is 1.15 bits per heavy atom. The van der Waals surface area contributed by atoms with Crippen molar-refractivity contribution >= 4 is 5.91 Å². The van der Waals surface area contributed by atoms with Gasteiger partial charge in [-0.1, -0.05) is 32.0 Å². The van der Waals surface area contributed by atoms with Gasteiger partial charge >= 0.3 is 6.61 Å². The molecule has 1 heterocycles. The number of fused-ring (bicyclic) bond motifs is 1. The number of hydrogen-bond donors (Lipinski definition) is 1. The van der Waals surface area contributed by atoms with Gasteiger partial charge in [-0.15, -0.1) is 0 Å². The number of ether oxygens (including phenoxy) is 3. The third kappa shape index (κ3) is 4.48. The van der Waals surface area contributed by atoms with Crippen LogP contribution in [0.15, 0.2) is 42.5 Å². The van der Waals surface area contributed by atoms with Crippen molar-refractivity contribution in [3.05, 3.63) is 53.6 Å². The van der Waals surface area contributed by atoms with Gasteiger partial charge in [0.05, 0.1) is 5.56 Å². The Hall–Kier alpha value is -2.83. The third-order valence-electron chi connectivity index (χ3n) is 4.36. The van der Waals surface area contributed by atoms with Crippen molar-refractivity contribution in [2.75, 3.05) is 19.8 Å². The number of carbonyl (C=O) groups excluding carboxylic acids is 1. The summed E-state index contributed by atoms with van der Waals surface area (Å²) in [5, 5.41) is 2.80. The van der Waals surface area contributed by atoms with Gasteiger partial charge in [0.15, 0.2) is 11.5 Å². The van der Waals surface area contributed by atoms with Gasteiger partial charge in [-0.3, -0.25) is 4.79 Å². The first-order valence-electron chi connectivity index (χ1n) is 8.59. The Balaban J connectivity index is 1.71. The summed E-state index contributed by atoms with van der Waals surface area (Å²) < 4.78 is 40.6. The molecule has 27 heavy (non-hydrogen) atoms. The summed E-state index contributed by atoms with van der Waals surface area (Å²) in [5.74, 6) is 0.746. The molecule has 0 bridgehead atoms. The Morgan fingerprint density at radius 2 is 1.85 bits per heavy atom. The first-order valence-corrected chi connectivity index (χ1v) is 8.59. The molecular formula is C20H21F2NO4. The van der Waals surface area contributed by atoms with Crippen molar-refractivity contribution in [1.29, 1.82) is 0 Å². The maximum atomic E-state index is 12.5. The summed E-state index contributed by atoms with van der Waals surface area (Å²) in [4.78, 5) is 12.5. The SMILES string of the molecule is CC(C)(CNC(=O)c1ccccc1OC(F)F)c1ccc2c(c1)OCCO2. The van der Waals surface area contributed by atoms with E-state index in [1.165, 1.54) is 18.2 Å². The fourth-order valence-electron chi connectivity index (χ4n) is 2.82. The molecule has 144 valence electrons. The molecule has 1 aliphatic heterocycles. The number of carbonyl (C=O) groups is 1. The zero-order valence-corrected chi connectivity index (χ0v) is 15.1. The molecule has 0 atom stereocenters. The molecule has 0 spiro atoms. The monoisotopic (exact) mass is 377 g/mol. The summed E-state index contributed by atoms with van der Waals surface area (Å²) in [5.41, 5.74) is 0.615. The van der Waals surface area contributed by atoms with E-state index < -0.39 is 17.9 Å². The van der Waals surface area contributed by atoms with Gasteiger partial charge < -0.3 is 19.5 Å². The molecule has 0 aliphatic carbocycles. The normalized spacial score (nSPS) is 13.4. The van der Waals surface area contributed by atoms with Crippen LogP contribution in [0.1, 0.15) is 29.8 Å². The molecule has 2 aromatic rings. The fourth-order valence-corrected chi connectivity index (χ4v) is 2.82. The largest absolute Gasteiger partial charge is 0.486 e. The molecular weight excluding hydrogens is 356 g/mol. The molecule has 5 nitrogen and oxygen atoms in total. The third-order valence-corrected chi connectivity index (χ3v) is 4.36. The van der Waals surface area contributed by atoms with E-state index in [-0.39, 0.29) is 11.3 Å². The average molecular weight is 377 g/mol. The molecule has 1 aliphatic rings. The Morgan fingerprint density at radius 3 is 2.59 bits per heavy atom. The predicted molar refractivity (Wildman–Crippen MR) is 95.9 cm³/mol. The molecule has 7 heteroatoms. The summed E-state index contributed by atoms with van der Waals surface area (Å²) in [6.07, 6.45) is 0. The van der Waals surface area contributed by atoms with Gasteiger partial charge in [0.25, 0.3) is 5.91 Å². The molecule has 0 unspecified atom stereocenters. The van der Waals surface area contributed by atoms with Crippen molar-refractivity contribution < 1.29 is 27.8 Å². The number of amides is 1. The topological polar surface area (TPSA) is 56.8 Å². The van der Waals surface area contributed by atoms with Crippen LogP contribution in [0.25, 0.3) is 0 Å². The van der Waals surface area contributed by atoms with Gasteiger partial charge in [0.2, 0.25) is 0 Å². The number of benzene rings is 2. The van der Waals surface area contributed by atoms with E-state index in [0.717, 1.165) is 5.56 Å². The molecule has 0 fully saturated rings. The highest BCUT2D eigenvalue weighted by molar-refractivity contribution is 5.96. The quantitative estimate of drug-likeness (QED) is 0.833. The van der Waals surface area contributed by atoms with Crippen LogP contribution in [0, 0.1) is 0 Å². The molecule has 0 saturated heterocycles. The highest BCUT2D eigenvalue weighted by Gasteiger charge is 2.25. The lowest BCUT2D eigenvalue weighted by molar-refractivity contribution is -0.0501. The van der Waals surface area contributed by atoms with E-state index in [2.05, 4.69) is 10.1 Å². The van der Waals surface area contributed by atoms with E-state index in [1.54, 1.807) is 6.07 Å². The Labute approximate surface area is 156 Å². The predicted octanol–water partition coefficient (Wildman–Crippen LogP) is 3.77. The summed E-state index contributed by atoms with van der Waals surface area (Å²) >= 11 is 0. The lowest BCUT2D eigenvalue weighted by Gasteiger charge is -2.28. The zero-order valence-electron chi connectivity index (χ0n) is 15.1. The minimum atomic E-state index is -2.99. The smallest absolute Gasteiger partial charge is 0.387 e. The highest BCUT2D eigenvalue weighted by atomic mass is 19.3. The number of rotatable bonds is 6. The van der Waals surface area contributed by atoms with E-state index in [1.807, 2.05) is 32.0 Å². The van der Waals surface area contributed by atoms with Gasteiger partial charge in [-0.2, -0.15) is 8.78 Å². The van der Waals surface area contributed by atoms with Crippen LogP contribution >= 0.6 is 0 Å². The molecule has 1 amide bonds. The van der Waals surface area contributed by atoms with Crippen molar-refractivity contribution in [3.63, 3.8) is 0 Å². The summed E-state index contributed by atoms with van der Waals surface area (Å²) in [6, 6.07) is 11.6. The number of hydrogen-bond acceptors (Lipinski definition) is 4. The number of nitrogens with one attached hydrogen (secondary N) is 1. The van der Waals surface area contributed by atoms with Crippen LogP contribution in [-0.4, -0.2) is 32.3 Å². The van der Waals surface area contributed by atoms with E-state index >= 15 is 0 Å². The van der Waals surface area contributed by atoms with E-state index in [4.69, 9.17) is 9.47 Å². The van der Waals surface area contributed by atoms with E-state index in [9.17, 15) is 13.6 Å². The zero-order chi connectivity index (χ0) is 19.4. The average Bonchev–Trinajstić information content (AvgIpc) is 2.66. The van der Waals surface area contributed by atoms with Gasteiger partial charge in [0, 0.05) is 12.0 Å². The molecule has 1 N–H and O–H groups in total. The van der Waals surface area contributed by atoms with Crippen molar-refractivity contribution in [2.24, 2.45) is 0 Å². The molecule has 0 radical (unpaired) electrons. The first kappa shape index (κ1) is 18.9. The first-order chi connectivity index (χ1) is 12.9. The van der Waals surface area contributed by atoms with Crippen LogP contribution < -0.4 is 19.5 Å². The van der Waals surface area contributed by atoms with Gasteiger partial charge in [0.1, 0.15) is 19.0 Å². The Bertz CT molecular complexity index is 823. The maximum absolute atomic E-state index is 12.5. The lowest BCUT2D eigenvalue weighted by Crippen LogP contribution is -2.37. The van der Waals surface area contributed by atoms with Gasteiger partial charge in [-0.25, -0.2) is 0 Å². The van der Waals surface area contributed by atoms with Crippen molar-refractivity contribution in [2.45, 2.75) is 25.9 Å². The van der Waals surface area contributed by atoms with Crippen molar-refractivity contribution in [3.8, 4) is 17.2 Å². The number of halogens is 2. The number of alkyl halides is 2. The fraction of sp³-hybridized carbons (Fsp3) is 0.350. The van der Waals surface area contributed by atoms with Crippen molar-refractivity contribution in [1.82, 2.24) is 5.32 Å². The van der Waals surface area contributed by atoms with Gasteiger partial charge in [-0.05, 0) is 29.8 Å². The summed E-state index contributed by atoms with van der Waals surface area (Å²) in [7, 11) is 0. The van der Waals surface area contributed by atoms with Crippen LogP contribution in [0.2, 0.25) is 0 Å². The molecule has 3 rings (SSSR count). The molecule has 0 aromatic heterocycles. The molecule has 2 aromatic carbocycles. The van der Waals surface area contributed by atoms with Crippen LogP contribution in [-0.2, 0) is 5.41 Å². The molecule has 0 saturated carbocycles. The highest BCUT2D eigenvalue weighted by Crippen LogP contribution is 2.35. The maximum Gasteiger partial charge on any atom is 0.387 e. The second-order valence-corrected chi connectivity index (χ2v) is 6.80. The van der Waals surface area contributed by atoms with E-state index in [0.29, 0.717) is 31.3 Å². The standard InChI is InChI=1S/C20H21F2NO4/c1-20(2,13-7-8-16-17(11-13)26-10-9-25-16)12-23-18(24)14-5-3-4-6-15(14)27-19(21)22/h3-8,11,19H,9-10,12H2,1-2H3,(H,23,24). The van der Waals surface area contributed by atoms with Crippen LogP contribution in [0.5, 0.6) is 17.2 Å². The summed E-state index contributed by atoms with van der Waals surface area (Å²) in [6.45, 7) is 2.27. The van der Waals surface area contributed by atoms with Crippen LogP contribution in [0.3, 0.4) is 0 Å².